The molecule has 1 aromatic carbocycles. The third-order valence-corrected chi connectivity index (χ3v) is 3.21. The lowest BCUT2D eigenvalue weighted by atomic mass is 10.1. The van der Waals surface area contributed by atoms with E-state index in [1.54, 1.807) is 20.8 Å². The molecule has 0 aromatic heterocycles. The van der Waals surface area contributed by atoms with Gasteiger partial charge in [0, 0.05) is 16.6 Å². The highest BCUT2D eigenvalue weighted by Crippen LogP contribution is 2.32. The molecule has 0 aliphatic heterocycles. The van der Waals surface area contributed by atoms with Crippen LogP contribution in [-0.4, -0.2) is 22.7 Å². The molecule has 25 heavy (non-hydrogen) atoms. The van der Waals surface area contributed by atoms with Gasteiger partial charge in [0.2, 0.25) is 0 Å². The van der Waals surface area contributed by atoms with E-state index in [2.05, 4.69) is 9.71 Å². The molecule has 4 nitrogen and oxygen atoms in total. The molecule has 140 valence electrons. The molecule has 0 saturated heterocycles. The van der Waals surface area contributed by atoms with Crippen LogP contribution in [0.25, 0.3) is 0 Å². The number of nitrogens with zero attached hydrogens (tertiary/aromatic N) is 1. The zero-order chi connectivity index (χ0) is 19.5. The molecule has 1 aromatic rings. The number of carbonyl (C=O) groups excluding carboxylic acids is 1. The van der Waals surface area contributed by atoms with Crippen molar-refractivity contribution in [3.8, 4) is 0 Å². The van der Waals surface area contributed by atoms with Crippen molar-refractivity contribution in [2.24, 2.45) is 4.40 Å². The predicted octanol–water partition coefficient (Wildman–Crippen LogP) is 5.92. The van der Waals surface area contributed by atoms with Crippen LogP contribution >= 0.6 is 11.9 Å². The van der Waals surface area contributed by atoms with E-state index in [0.717, 1.165) is 12.1 Å². The van der Waals surface area contributed by atoms with E-state index in [1.165, 1.54) is 24.2 Å². The maximum absolute atomic E-state index is 13.1. The van der Waals surface area contributed by atoms with Gasteiger partial charge in [-0.2, -0.15) is 13.2 Å². The van der Waals surface area contributed by atoms with Crippen molar-refractivity contribution in [2.45, 2.75) is 58.1 Å². The Morgan fingerprint density at radius 2 is 1.72 bits per heavy atom. The van der Waals surface area contributed by atoms with E-state index in [1.807, 2.05) is 20.8 Å². The normalized spacial score (nSPS) is 13.2. The lowest BCUT2D eigenvalue weighted by Crippen LogP contribution is -2.27. The van der Waals surface area contributed by atoms with Crippen molar-refractivity contribution in [3.05, 3.63) is 29.3 Å². The van der Waals surface area contributed by atoms with E-state index in [0.29, 0.717) is 0 Å². The summed E-state index contributed by atoms with van der Waals surface area (Å²) < 4.78 is 48.2. The van der Waals surface area contributed by atoms with Gasteiger partial charge in [0.25, 0.3) is 0 Å². The van der Waals surface area contributed by atoms with Crippen molar-refractivity contribution >= 4 is 29.9 Å². The minimum Gasteiger partial charge on any atom is -0.444 e. The van der Waals surface area contributed by atoms with Crippen LogP contribution < -0.4 is 5.32 Å². The van der Waals surface area contributed by atoms with Crippen LogP contribution in [0.2, 0.25) is 0 Å². The highest BCUT2D eigenvalue weighted by molar-refractivity contribution is 7.99. The van der Waals surface area contributed by atoms with Crippen molar-refractivity contribution in [2.75, 3.05) is 5.32 Å². The number of benzene rings is 1. The average molecular weight is 376 g/mol. The summed E-state index contributed by atoms with van der Waals surface area (Å²) in [6, 6.07) is 3.25. The Morgan fingerprint density at radius 1 is 1.12 bits per heavy atom. The Labute approximate surface area is 150 Å². The van der Waals surface area contributed by atoms with Gasteiger partial charge in [0.15, 0.2) is 0 Å². The van der Waals surface area contributed by atoms with Gasteiger partial charge in [-0.15, -0.1) is 0 Å². The smallest absolute Gasteiger partial charge is 0.416 e. The second kappa shape index (κ2) is 7.68. The first kappa shape index (κ1) is 21.3. The molecule has 1 N–H and O–H groups in total. The van der Waals surface area contributed by atoms with Crippen molar-refractivity contribution in [3.63, 3.8) is 0 Å². The largest absolute Gasteiger partial charge is 0.444 e. The molecule has 0 aliphatic rings. The predicted molar refractivity (Wildman–Crippen MR) is 96.2 cm³/mol. The fourth-order valence-electron chi connectivity index (χ4n) is 1.63. The minimum atomic E-state index is -4.54. The highest BCUT2D eigenvalue weighted by atomic mass is 32.2. The fourth-order valence-corrected chi connectivity index (χ4v) is 2.12. The second-order valence-corrected chi connectivity index (χ2v) is 9.02. The SMILES string of the molecule is CC(C)(C)OC(=O)Nc1cc(/C=N/SC(C)(C)C)cc(C(F)(F)F)c1. The molecule has 1 rings (SSSR count). The van der Waals surface area contributed by atoms with Crippen LogP contribution in [0.5, 0.6) is 0 Å². The maximum Gasteiger partial charge on any atom is 0.416 e. The first-order chi connectivity index (χ1) is 11.2. The highest BCUT2D eigenvalue weighted by Gasteiger charge is 2.31. The number of nitrogens with one attached hydrogen (secondary N) is 1. The van der Waals surface area contributed by atoms with Gasteiger partial charge in [0.05, 0.1) is 5.56 Å². The molecule has 0 aliphatic carbocycles. The van der Waals surface area contributed by atoms with E-state index < -0.39 is 23.4 Å². The summed E-state index contributed by atoms with van der Waals surface area (Å²) in [6.45, 7) is 10.8. The molecular formula is C17H23F3N2O2S. The van der Waals surface area contributed by atoms with Crippen molar-refractivity contribution in [1.82, 2.24) is 0 Å². The van der Waals surface area contributed by atoms with E-state index in [9.17, 15) is 18.0 Å². The molecule has 0 atom stereocenters. The summed E-state index contributed by atoms with van der Waals surface area (Å²) in [6.07, 6.45) is -4.02. The number of rotatable bonds is 3. The first-order valence-corrected chi connectivity index (χ1v) is 8.37. The molecule has 1 amide bonds. The number of anilines is 1. The van der Waals surface area contributed by atoms with E-state index in [-0.39, 0.29) is 16.0 Å². The van der Waals surface area contributed by atoms with Crippen LogP contribution in [0.1, 0.15) is 52.7 Å². The maximum atomic E-state index is 13.1. The van der Waals surface area contributed by atoms with Crippen LogP contribution in [-0.2, 0) is 10.9 Å². The Hall–Kier alpha value is -1.70. The first-order valence-electron chi connectivity index (χ1n) is 7.59. The molecular weight excluding hydrogens is 353 g/mol. The average Bonchev–Trinajstić information content (AvgIpc) is 2.33. The van der Waals surface area contributed by atoms with Crippen LogP contribution in [0.4, 0.5) is 23.7 Å². The van der Waals surface area contributed by atoms with Gasteiger partial charge in [-0.05, 0) is 77.3 Å². The lowest BCUT2D eigenvalue weighted by molar-refractivity contribution is -0.137. The lowest BCUT2D eigenvalue weighted by Gasteiger charge is -2.20. The fraction of sp³-hybridized carbons (Fsp3) is 0.529. The van der Waals surface area contributed by atoms with E-state index >= 15 is 0 Å². The number of alkyl halides is 3. The topological polar surface area (TPSA) is 50.7 Å². The quantitative estimate of drug-likeness (QED) is 0.526. The van der Waals surface area contributed by atoms with Gasteiger partial charge in [-0.3, -0.25) is 5.32 Å². The number of halogens is 3. The Balaban J connectivity index is 3.08. The summed E-state index contributed by atoms with van der Waals surface area (Å²) in [4.78, 5) is 11.8. The summed E-state index contributed by atoms with van der Waals surface area (Å²) in [5.74, 6) is 0. The molecule has 0 unspecified atom stereocenters. The molecule has 0 saturated carbocycles. The zero-order valence-corrected chi connectivity index (χ0v) is 15.9. The van der Waals surface area contributed by atoms with Crippen LogP contribution in [0.3, 0.4) is 0 Å². The Bertz CT molecular complexity index is 645. The molecule has 0 radical (unpaired) electrons. The van der Waals surface area contributed by atoms with Crippen molar-refractivity contribution in [1.29, 1.82) is 0 Å². The summed E-state index contributed by atoms with van der Waals surface area (Å²) in [5, 5.41) is 2.33. The van der Waals surface area contributed by atoms with Gasteiger partial charge < -0.3 is 4.74 Å². The summed E-state index contributed by atoms with van der Waals surface area (Å²) >= 11 is 1.25. The van der Waals surface area contributed by atoms with Crippen LogP contribution in [0.15, 0.2) is 22.6 Å². The minimum absolute atomic E-state index is 0.00807. The van der Waals surface area contributed by atoms with Gasteiger partial charge in [0.1, 0.15) is 5.60 Å². The number of amides is 1. The number of hydrogen-bond acceptors (Lipinski definition) is 4. The molecule has 8 heteroatoms. The number of ether oxygens (including phenoxy) is 1. The van der Waals surface area contributed by atoms with Gasteiger partial charge in [-0.25, -0.2) is 9.19 Å². The summed E-state index contributed by atoms with van der Waals surface area (Å²) in [7, 11) is 0. The van der Waals surface area contributed by atoms with Crippen molar-refractivity contribution < 1.29 is 22.7 Å². The number of carbonyl (C=O) groups is 1. The molecule has 0 spiro atoms. The molecule has 0 fully saturated rings. The van der Waals surface area contributed by atoms with E-state index in [4.69, 9.17) is 4.74 Å². The molecule has 0 heterocycles. The van der Waals surface area contributed by atoms with Gasteiger partial charge >= 0.3 is 12.3 Å². The molecule has 0 bridgehead atoms. The number of hydrogen-bond donors (Lipinski definition) is 1. The second-order valence-electron chi connectivity index (χ2n) is 7.41. The Kier molecular flexibility index (Phi) is 6.55. The standard InChI is InChI=1S/C17H23F3N2O2S/c1-15(2,3)24-14(23)22-13-8-11(10-21-25-16(4,5)6)7-12(9-13)17(18,19)20/h7-10H,1-6H3,(H,22,23)/b21-10+. The monoisotopic (exact) mass is 376 g/mol. The summed E-state index contributed by atoms with van der Waals surface area (Å²) in [5.41, 5.74) is -1.40. The third-order valence-electron chi connectivity index (χ3n) is 2.46. The third kappa shape index (κ3) is 8.81. The Morgan fingerprint density at radius 3 is 2.20 bits per heavy atom. The van der Waals surface area contributed by atoms with Crippen LogP contribution in [0, 0.1) is 0 Å². The van der Waals surface area contributed by atoms with Gasteiger partial charge in [-0.1, -0.05) is 0 Å². The zero-order valence-electron chi connectivity index (χ0n) is 15.1.